The summed E-state index contributed by atoms with van der Waals surface area (Å²) in [5, 5.41) is 2.70. The van der Waals surface area contributed by atoms with Crippen molar-refractivity contribution in [2.75, 3.05) is 46.2 Å². The van der Waals surface area contributed by atoms with Crippen LogP contribution in [0.1, 0.15) is 25.7 Å². The maximum absolute atomic E-state index is 13.3. The number of piperidine rings is 2. The van der Waals surface area contributed by atoms with E-state index < -0.39 is 23.9 Å². The lowest BCUT2D eigenvalue weighted by atomic mass is 9.97. The third kappa shape index (κ3) is 4.28. The summed E-state index contributed by atoms with van der Waals surface area (Å²) < 4.78 is 53.1. The number of fused-ring (bicyclic) bond motifs is 4. The van der Waals surface area contributed by atoms with Crippen LogP contribution in [0.4, 0.5) is 45.5 Å². The van der Waals surface area contributed by atoms with Gasteiger partial charge in [-0.05, 0) is 49.9 Å². The molecule has 1 N–H and O–H groups in total. The molecule has 5 heterocycles. The number of rotatable bonds is 2. The first-order valence-corrected chi connectivity index (χ1v) is 11.1. The molecule has 33 heavy (non-hydrogen) atoms. The minimum absolute atomic E-state index is 0.111. The molecule has 2 aromatic rings. The van der Waals surface area contributed by atoms with Crippen molar-refractivity contribution in [1.82, 2.24) is 9.97 Å². The summed E-state index contributed by atoms with van der Waals surface area (Å²) in [7, 11) is 0. The Kier molecular flexibility index (Phi) is 5.49. The van der Waals surface area contributed by atoms with E-state index in [1.54, 1.807) is 15.9 Å². The van der Waals surface area contributed by atoms with Gasteiger partial charge >= 0.3 is 12.2 Å². The molecular formula is C22H24F4N6O. The lowest BCUT2D eigenvalue weighted by molar-refractivity contribution is -0.176. The zero-order valence-electron chi connectivity index (χ0n) is 17.9. The van der Waals surface area contributed by atoms with Crippen LogP contribution >= 0.6 is 0 Å². The van der Waals surface area contributed by atoms with Gasteiger partial charge < -0.3 is 9.80 Å². The number of amides is 2. The summed E-state index contributed by atoms with van der Waals surface area (Å²) in [6.07, 6.45) is -0.997. The van der Waals surface area contributed by atoms with E-state index in [-0.39, 0.29) is 24.8 Å². The van der Waals surface area contributed by atoms with E-state index >= 15 is 0 Å². The number of pyridine rings is 2. The maximum atomic E-state index is 13.3. The number of hydrogen-bond acceptors (Lipinski definition) is 5. The Hall–Kier alpha value is -3.11. The Morgan fingerprint density at radius 2 is 1.82 bits per heavy atom. The minimum Gasteiger partial charge on any atom is -0.366 e. The first kappa shape index (κ1) is 21.7. The highest BCUT2D eigenvalue weighted by atomic mass is 19.4. The smallest absolute Gasteiger partial charge is 0.366 e. The Morgan fingerprint density at radius 3 is 2.58 bits per heavy atom. The van der Waals surface area contributed by atoms with Crippen molar-refractivity contribution in [1.29, 1.82) is 0 Å². The zero-order chi connectivity index (χ0) is 23.2. The standard InChI is InChI=1S/C22H24F4N6O/c23-15-5-7-18(27-11-15)28-21(33)32-16-4-2-9-30(13-16)17-6-8-19(29-20(17)32)31-10-1-3-14(12-31)22(24,25)26/h5-8,11,14,16H,1-4,9-10,12-13H2,(H,27,28,33). The number of anilines is 4. The van der Waals surface area contributed by atoms with Gasteiger partial charge in [-0.15, -0.1) is 0 Å². The van der Waals surface area contributed by atoms with Crippen molar-refractivity contribution in [3.63, 3.8) is 0 Å². The van der Waals surface area contributed by atoms with Crippen molar-refractivity contribution in [3.8, 4) is 0 Å². The third-order valence-corrected chi connectivity index (χ3v) is 6.56. The van der Waals surface area contributed by atoms with Gasteiger partial charge in [0.15, 0.2) is 5.82 Å². The fourth-order valence-corrected chi connectivity index (χ4v) is 4.92. The first-order valence-electron chi connectivity index (χ1n) is 11.1. The van der Waals surface area contributed by atoms with E-state index in [4.69, 9.17) is 4.98 Å². The van der Waals surface area contributed by atoms with Gasteiger partial charge in [0.2, 0.25) is 0 Å². The van der Waals surface area contributed by atoms with Crippen molar-refractivity contribution in [2.24, 2.45) is 5.92 Å². The molecule has 0 spiro atoms. The number of alkyl halides is 3. The number of nitrogens with one attached hydrogen (secondary N) is 1. The van der Waals surface area contributed by atoms with Gasteiger partial charge in [-0.1, -0.05) is 0 Å². The predicted molar refractivity (Wildman–Crippen MR) is 116 cm³/mol. The molecule has 11 heteroatoms. The summed E-state index contributed by atoms with van der Waals surface area (Å²) in [6, 6.07) is 5.59. The number of carbonyl (C=O) groups excluding carboxylic acids is 1. The number of urea groups is 1. The molecule has 2 fully saturated rings. The summed E-state index contributed by atoms with van der Waals surface area (Å²) in [5.74, 6) is -0.833. The van der Waals surface area contributed by atoms with Crippen LogP contribution in [-0.4, -0.2) is 54.4 Å². The Morgan fingerprint density at radius 1 is 1.03 bits per heavy atom. The topological polar surface area (TPSA) is 64.6 Å². The quantitative estimate of drug-likeness (QED) is 0.667. The molecule has 3 aliphatic heterocycles. The summed E-state index contributed by atoms with van der Waals surface area (Å²) in [6.45, 7) is 1.82. The van der Waals surface area contributed by atoms with Crippen molar-refractivity contribution in [2.45, 2.75) is 37.9 Å². The normalized spacial score (nSPS) is 22.7. The van der Waals surface area contributed by atoms with Gasteiger partial charge in [-0.2, -0.15) is 13.2 Å². The molecule has 0 saturated carbocycles. The molecule has 3 aliphatic rings. The highest BCUT2D eigenvalue weighted by Gasteiger charge is 2.43. The van der Waals surface area contributed by atoms with Crippen LogP contribution in [0, 0.1) is 11.7 Å². The molecular weight excluding hydrogens is 440 g/mol. The van der Waals surface area contributed by atoms with Gasteiger partial charge in [-0.3, -0.25) is 10.2 Å². The lowest BCUT2D eigenvalue weighted by Crippen LogP contribution is -2.56. The fourth-order valence-electron chi connectivity index (χ4n) is 4.92. The van der Waals surface area contributed by atoms with Gasteiger partial charge in [-0.25, -0.2) is 19.2 Å². The van der Waals surface area contributed by atoms with Gasteiger partial charge in [0.1, 0.15) is 17.5 Å². The zero-order valence-corrected chi connectivity index (χ0v) is 17.9. The van der Waals surface area contributed by atoms with Crippen LogP contribution in [0.15, 0.2) is 30.5 Å². The second-order valence-electron chi connectivity index (χ2n) is 8.74. The van der Waals surface area contributed by atoms with Crippen LogP contribution in [0.2, 0.25) is 0 Å². The third-order valence-electron chi connectivity index (χ3n) is 6.56. The molecule has 5 rings (SSSR count). The monoisotopic (exact) mass is 464 g/mol. The van der Waals surface area contributed by atoms with E-state index in [9.17, 15) is 22.4 Å². The van der Waals surface area contributed by atoms with E-state index in [1.807, 2.05) is 6.07 Å². The molecule has 0 aliphatic carbocycles. The van der Waals surface area contributed by atoms with Crippen LogP contribution in [0.25, 0.3) is 0 Å². The molecule has 2 atom stereocenters. The average molecular weight is 464 g/mol. The second-order valence-corrected chi connectivity index (χ2v) is 8.74. The summed E-state index contributed by atoms with van der Waals surface area (Å²) in [5.41, 5.74) is 0.779. The highest BCUT2D eigenvalue weighted by Crippen LogP contribution is 2.41. The number of halogens is 4. The Bertz CT molecular complexity index is 1030. The molecule has 2 bridgehead atoms. The largest absolute Gasteiger partial charge is 0.393 e. The Labute approximate surface area is 188 Å². The number of nitrogens with zero attached hydrogens (tertiary/aromatic N) is 5. The molecule has 2 saturated heterocycles. The van der Waals surface area contributed by atoms with Gasteiger partial charge in [0.25, 0.3) is 0 Å². The van der Waals surface area contributed by atoms with Crippen molar-refractivity contribution in [3.05, 3.63) is 36.3 Å². The number of carbonyl (C=O) groups is 1. The summed E-state index contributed by atoms with van der Waals surface area (Å²) in [4.78, 5) is 27.2. The molecule has 2 unspecified atom stereocenters. The molecule has 2 aromatic heterocycles. The first-order chi connectivity index (χ1) is 15.8. The van der Waals surface area contributed by atoms with Crippen molar-refractivity contribution < 1.29 is 22.4 Å². The highest BCUT2D eigenvalue weighted by molar-refractivity contribution is 6.04. The van der Waals surface area contributed by atoms with Crippen LogP contribution in [0.3, 0.4) is 0 Å². The maximum Gasteiger partial charge on any atom is 0.393 e. The predicted octanol–water partition coefficient (Wildman–Crippen LogP) is 4.42. The molecule has 0 aromatic carbocycles. The van der Waals surface area contributed by atoms with E-state index in [0.29, 0.717) is 31.1 Å². The molecule has 176 valence electrons. The van der Waals surface area contributed by atoms with E-state index in [2.05, 4.69) is 15.2 Å². The van der Waals surface area contributed by atoms with Crippen LogP contribution in [0.5, 0.6) is 0 Å². The van der Waals surface area contributed by atoms with Crippen LogP contribution < -0.4 is 20.0 Å². The average Bonchev–Trinajstić information content (AvgIpc) is 2.80. The Balaban J connectivity index is 1.46. The van der Waals surface area contributed by atoms with E-state index in [1.165, 1.54) is 12.1 Å². The lowest BCUT2D eigenvalue weighted by Gasteiger charge is -2.46. The fraction of sp³-hybridized carbons (Fsp3) is 0.500. The van der Waals surface area contributed by atoms with Crippen molar-refractivity contribution >= 4 is 29.2 Å². The molecule has 2 amide bonds. The van der Waals surface area contributed by atoms with Gasteiger partial charge in [0, 0.05) is 26.2 Å². The van der Waals surface area contributed by atoms with Gasteiger partial charge in [0.05, 0.1) is 23.8 Å². The minimum atomic E-state index is -4.25. The second kappa shape index (κ2) is 8.35. The molecule has 7 nitrogen and oxygen atoms in total. The molecule has 0 radical (unpaired) electrons. The number of aromatic nitrogens is 2. The van der Waals surface area contributed by atoms with Crippen LogP contribution in [-0.2, 0) is 0 Å². The SMILES string of the molecule is O=C(Nc1ccc(F)cn1)N1c2nc(N3CCCC(C(F)(F)F)C3)ccc2N2CCCC1C2. The summed E-state index contributed by atoms with van der Waals surface area (Å²) >= 11 is 0. The number of hydrogen-bond donors (Lipinski definition) is 1. The van der Waals surface area contributed by atoms with E-state index in [0.717, 1.165) is 31.3 Å².